The van der Waals surface area contributed by atoms with Crippen molar-refractivity contribution in [2.75, 3.05) is 20.2 Å². The number of amides is 2. The first kappa shape index (κ1) is 25.7. The van der Waals surface area contributed by atoms with E-state index in [1.807, 2.05) is 23.1 Å². The van der Waals surface area contributed by atoms with Gasteiger partial charge in [0.15, 0.2) is 0 Å². The summed E-state index contributed by atoms with van der Waals surface area (Å²) in [6.07, 6.45) is 2.88. The van der Waals surface area contributed by atoms with E-state index in [2.05, 4.69) is 5.32 Å². The maximum Gasteiger partial charge on any atom is 0.328 e. The number of hydrogen-bond donors (Lipinski definition) is 1. The first-order valence-corrected chi connectivity index (χ1v) is 11.9. The smallest absolute Gasteiger partial charge is 0.328 e. The van der Waals surface area contributed by atoms with E-state index < -0.39 is 12.0 Å². The number of nitrogens with one attached hydrogen (secondary N) is 1. The van der Waals surface area contributed by atoms with Crippen molar-refractivity contribution in [2.24, 2.45) is 5.92 Å². The number of rotatable bonds is 9. The minimum Gasteiger partial charge on any atom is -0.467 e. The normalized spacial score (nSPS) is 15.0. The van der Waals surface area contributed by atoms with Gasteiger partial charge in [-0.2, -0.15) is 0 Å². The highest BCUT2D eigenvalue weighted by atomic mass is 35.5. The van der Waals surface area contributed by atoms with Crippen LogP contribution in [0.5, 0.6) is 0 Å². The summed E-state index contributed by atoms with van der Waals surface area (Å²) >= 11 is 5.91. The van der Waals surface area contributed by atoms with Crippen LogP contribution in [0.3, 0.4) is 0 Å². The van der Waals surface area contributed by atoms with E-state index in [0.29, 0.717) is 43.8 Å². The number of hydrogen-bond acceptors (Lipinski definition) is 4. The lowest BCUT2D eigenvalue weighted by molar-refractivity contribution is -0.145. The quantitative estimate of drug-likeness (QED) is 0.542. The summed E-state index contributed by atoms with van der Waals surface area (Å²) in [5.74, 6) is -0.823. The average molecular weight is 489 g/mol. The molecule has 1 atom stereocenters. The molecule has 0 aromatic heterocycles. The van der Waals surface area contributed by atoms with Gasteiger partial charge in [0.25, 0.3) is 0 Å². The second-order valence-corrected chi connectivity index (χ2v) is 9.07. The molecule has 2 aromatic rings. The van der Waals surface area contributed by atoms with Crippen LogP contribution < -0.4 is 5.32 Å². The maximum absolute atomic E-state index is 13.3. The van der Waals surface area contributed by atoms with Crippen molar-refractivity contribution >= 4 is 29.4 Å². The van der Waals surface area contributed by atoms with Crippen molar-refractivity contribution in [3.63, 3.8) is 0 Å². The number of benzene rings is 2. The fraction of sp³-hybridized carbons (Fsp3) is 0.423. The molecule has 8 heteroatoms. The number of halogens is 2. The lowest BCUT2D eigenvalue weighted by atomic mass is 9.92. The Morgan fingerprint density at radius 1 is 1.12 bits per heavy atom. The number of likely N-dealkylation sites (tertiary alicyclic amines) is 1. The lowest BCUT2D eigenvalue weighted by Gasteiger charge is -2.32. The van der Waals surface area contributed by atoms with Gasteiger partial charge in [0.2, 0.25) is 11.8 Å². The van der Waals surface area contributed by atoms with Gasteiger partial charge in [-0.3, -0.25) is 9.59 Å². The van der Waals surface area contributed by atoms with Gasteiger partial charge in [-0.15, -0.1) is 0 Å². The first-order valence-electron chi connectivity index (χ1n) is 11.5. The molecule has 2 aromatic carbocycles. The number of carbonyl (C=O) groups excluding carboxylic acids is 3. The molecule has 0 spiro atoms. The number of nitrogens with zero attached hydrogens (tertiary/aromatic N) is 1. The van der Waals surface area contributed by atoms with E-state index >= 15 is 0 Å². The molecule has 34 heavy (non-hydrogen) atoms. The van der Waals surface area contributed by atoms with Crippen molar-refractivity contribution in [1.82, 2.24) is 10.2 Å². The predicted molar refractivity (Wildman–Crippen MR) is 128 cm³/mol. The van der Waals surface area contributed by atoms with E-state index in [1.165, 1.54) is 19.2 Å². The van der Waals surface area contributed by atoms with Crippen molar-refractivity contribution in [3.8, 4) is 0 Å². The Labute approximate surface area is 204 Å². The van der Waals surface area contributed by atoms with Gasteiger partial charge in [-0.25, -0.2) is 9.18 Å². The molecule has 1 heterocycles. The lowest BCUT2D eigenvalue weighted by Crippen LogP contribution is -2.44. The van der Waals surface area contributed by atoms with E-state index in [9.17, 15) is 18.8 Å². The molecular formula is C26H30ClFN2O4. The topological polar surface area (TPSA) is 75.7 Å². The summed E-state index contributed by atoms with van der Waals surface area (Å²) in [6.45, 7) is 1.18. The number of ether oxygens (including phenoxy) is 1. The maximum atomic E-state index is 13.3. The second kappa shape index (κ2) is 12.5. The summed E-state index contributed by atoms with van der Waals surface area (Å²) in [7, 11) is 1.30. The van der Waals surface area contributed by atoms with Crippen LogP contribution in [0, 0.1) is 11.7 Å². The van der Waals surface area contributed by atoms with Crippen LogP contribution >= 0.6 is 11.6 Å². The zero-order valence-corrected chi connectivity index (χ0v) is 20.0. The molecule has 1 fully saturated rings. The van der Waals surface area contributed by atoms with Crippen LogP contribution in [0.4, 0.5) is 4.39 Å². The van der Waals surface area contributed by atoms with E-state index in [-0.39, 0.29) is 23.5 Å². The molecule has 1 unspecified atom stereocenters. The van der Waals surface area contributed by atoms with Crippen LogP contribution in [-0.2, 0) is 32.0 Å². The number of carbonyl (C=O) groups is 3. The Morgan fingerprint density at radius 2 is 1.82 bits per heavy atom. The van der Waals surface area contributed by atoms with Crippen LogP contribution in [0.25, 0.3) is 0 Å². The van der Waals surface area contributed by atoms with Crippen LogP contribution in [0.1, 0.15) is 36.8 Å². The van der Waals surface area contributed by atoms with Crippen LogP contribution in [-0.4, -0.2) is 48.9 Å². The second-order valence-electron chi connectivity index (χ2n) is 8.63. The van der Waals surface area contributed by atoms with Crippen molar-refractivity contribution < 1.29 is 23.5 Å². The molecule has 0 aliphatic carbocycles. The van der Waals surface area contributed by atoms with Gasteiger partial charge in [-0.05, 0) is 60.6 Å². The zero-order valence-electron chi connectivity index (χ0n) is 19.3. The Kier molecular flexibility index (Phi) is 9.45. The molecule has 6 nitrogen and oxygen atoms in total. The third-order valence-corrected chi connectivity index (χ3v) is 6.38. The number of piperidine rings is 1. The Bertz CT molecular complexity index is 991. The van der Waals surface area contributed by atoms with Gasteiger partial charge in [0.05, 0.1) is 7.11 Å². The van der Waals surface area contributed by atoms with Gasteiger partial charge in [0.1, 0.15) is 11.9 Å². The summed E-state index contributed by atoms with van der Waals surface area (Å²) in [5, 5.41) is 3.40. The molecule has 1 saturated heterocycles. The number of aryl methyl sites for hydroxylation is 1. The Morgan fingerprint density at radius 3 is 2.47 bits per heavy atom. The minimum atomic E-state index is -0.775. The molecule has 1 N–H and O–H groups in total. The average Bonchev–Trinajstić information content (AvgIpc) is 2.83. The van der Waals surface area contributed by atoms with Crippen LogP contribution in [0.15, 0.2) is 48.5 Å². The highest BCUT2D eigenvalue weighted by Gasteiger charge is 2.27. The van der Waals surface area contributed by atoms with Gasteiger partial charge < -0.3 is 15.0 Å². The van der Waals surface area contributed by atoms with Crippen molar-refractivity contribution in [2.45, 2.75) is 44.6 Å². The minimum absolute atomic E-state index is 0.0425. The number of methoxy groups -OCH3 is 1. The summed E-state index contributed by atoms with van der Waals surface area (Å²) in [6, 6.07) is 12.6. The van der Waals surface area contributed by atoms with Gasteiger partial charge in [-0.1, -0.05) is 35.9 Å². The summed E-state index contributed by atoms with van der Waals surface area (Å²) in [5.41, 5.74) is 1.67. The monoisotopic (exact) mass is 488 g/mol. The third kappa shape index (κ3) is 7.83. The Balaban J connectivity index is 1.43. The molecule has 3 rings (SSSR count). The molecule has 1 aliphatic heterocycles. The highest BCUT2D eigenvalue weighted by Crippen LogP contribution is 2.22. The standard InChI is InChI=1S/C26H30ClFN2O4/c1-34-26(33)23(16-19-5-8-21(27)9-6-19)29-24(31)17-20-11-13-30(14-12-20)25(32)10-7-18-3-2-4-22(28)15-18/h2-6,8-9,15,20,23H,7,10-14,16-17H2,1H3,(H,29,31). The fourth-order valence-electron chi connectivity index (χ4n) is 4.20. The fourth-order valence-corrected chi connectivity index (χ4v) is 4.32. The van der Waals surface area contributed by atoms with E-state index in [0.717, 1.165) is 24.0 Å². The Hall–Kier alpha value is -2.93. The molecular weight excluding hydrogens is 459 g/mol. The molecule has 0 saturated carbocycles. The molecule has 1 aliphatic rings. The summed E-state index contributed by atoms with van der Waals surface area (Å²) < 4.78 is 18.2. The molecule has 0 bridgehead atoms. The molecule has 2 amide bonds. The molecule has 182 valence electrons. The first-order chi connectivity index (χ1) is 16.3. The van der Waals surface area contributed by atoms with E-state index in [4.69, 9.17) is 16.3 Å². The number of esters is 1. The zero-order chi connectivity index (χ0) is 24.5. The van der Waals surface area contributed by atoms with E-state index in [1.54, 1.807) is 18.2 Å². The third-order valence-electron chi connectivity index (χ3n) is 6.13. The predicted octanol–water partition coefficient (Wildman–Crippen LogP) is 3.94. The van der Waals surface area contributed by atoms with Crippen molar-refractivity contribution in [1.29, 1.82) is 0 Å². The van der Waals surface area contributed by atoms with Crippen LogP contribution in [0.2, 0.25) is 5.02 Å². The highest BCUT2D eigenvalue weighted by molar-refractivity contribution is 6.30. The van der Waals surface area contributed by atoms with Gasteiger partial charge in [0, 0.05) is 37.4 Å². The largest absolute Gasteiger partial charge is 0.467 e. The SMILES string of the molecule is COC(=O)C(Cc1ccc(Cl)cc1)NC(=O)CC1CCN(C(=O)CCc2cccc(F)c2)CC1. The summed E-state index contributed by atoms with van der Waals surface area (Å²) in [4.78, 5) is 39.2. The van der Waals surface area contributed by atoms with Gasteiger partial charge >= 0.3 is 5.97 Å². The molecule has 0 radical (unpaired) electrons. The van der Waals surface area contributed by atoms with Crippen molar-refractivity contribution in [3.05, 3.63) is 70.5 Å².